The van der Waals surface area contributed by atoms with Crippen molar-refractivity contribution in [2.45, 2.75) is 25.2 Å². The fourth-order valence-corrected chi connectivity index (χ4v) is 4.11. The van der Waals surface area contributed by atoms with Gasteiger partial charge in [0, 0.05) is 11.4 Å². The number of aryl methyl sites for hydroxylation is 2. The zero-order valence-corrected chi connectivity index (χ0v) is 14.5. The van der Waals surface area contributed by atoms with E-state index >= 15 is 0 Å². The minimum Gasteiger partial charge on any atom is -0.496 e. The average Bonchev–Trinajstić information content (AvgIpc) is 2.85. The predicted octanol–water partition coefficient (Wildman–Crippen LogP) is 2.61. The SMILES string of the molecule is COc1c(C)cc(S(=O)(=O)Nc2ccc3c(c2)CC(=O)N3)cc1C. The molecule has 0 spiro atoms. The first-order valence-corrected chi connectivity index (χ1v) is 8.89. The van der Waals surface area contributed by atoms with Crippen molar-refractivity contribution in [3.05, 3.63) is 47.0 Å². The number of nitrogens with one attached hydrogen (secondary N) is 2. The van der Waals surface area contributed by atoms with Crippen LogP contribution in [-0.4, -0.2) is 21.4 Å². The monoisotopic (exact) mass is 346 g/mol. The van der Waals surface area contributed by atoms with Gasteiger partial charge in [0.15, 0.2) is 0 Å². The number of benzene rings is 2. The lowest BCUT2D eigenvalue weighted by atomic mass is 10.1. The molecular weight excluding hydrogens is 328 g/mol. The van der Waals surface area contributed by atoms with Crippen LogP contribution in [0.1, 0.15) is 16.7 Å². The number of carbonyl (C=O) groups excluding carboxylic acids is 1. The minimum atomic E-state index is -3.73. The molecule has 0 aromatic heterocycles. The van der Waals surface area contributed by atoms with Crippen LogP contribution >= 0.6 is 0 Å². The number of sulfonamides is 1. The molecule has 0 fully saturated rings. The Balaban J connectivity index is 1.92. The maximum atomic E-state index is 12.6. The minimum absolute atomic E-state index is 0.0913. The van der Waals surface area contributed by atoms with Crippen LogP contribution in [0.5, 0.6) is 5.75 Å². The number of hydrogen-bond donors (Lipinski definition) is 2. The van der Waals surface area contributed by atoms with Gasteiger partial charge >= 0.3 is 0 Å². The summed E-state index contributed by atoms with van der Waals surface area (Å²) in [5, 5.41) is 2.72. The number of amides is 1. The third-order valence-corrected chi connectivity index (χ3v) is 5.29. The van der Waals surface area contributed by atoms with Crippen LogP contribution in [0.4, 0.5) is 11.4 Å². The standard InChI is InChI=1S/C17H18N2O4S/c1-10-6-14(7-11(2)17(10)23-3)24(21,22)19-13-4-5-15-12(8-13)9-16(20)18-15/h4-8,19H,9H2,1-3H3,(H,18,20). The van der Waals surface area contributed by atoms with E-state index < -0.39 is 10.0 Å². The van der Waals surface area contributed by atoms with E-state index in [-0.39, 0.29) is 17.2 Å². The molecule has 0 saturated heterocycles. The number of rotatable bonds is 4. The highest BCUT2D eigenvalue weighted by Crippen LogP contribution is 2.29. The molecule has 0 aliphatic carbocycles. The van der Waals surface area contributed by atoms with Crippen molar-refractivity contribution in [1.29, 1.82) is 0 Å². The predicted molar refractivity (Wildman–Crippen MR) is 92.1 cm³/mol. The molecule has 1 heterocycles. The molecular formula is C17H18N2O4S. The summed E-state index contributed by atoms with van der Waals surface area (Å²) < 4.78 is 33.1. The highest BCUT2D eigenvalue weighted by atomic mass is 32.2. The van der Waals surface area contributed by atoms with E-state index in [9.17, 15) is 13.2 Å². The summed E-state index contributed by atoms with van der Waals surface area (Å²) in [5.41, 5.74) is 3.43. The molecule has 0 unspecified atom stereocenters. The van der Waals surface area contributed by atoms with Gasteiger partial charge in [0.25, 0.3) is 10.0 Å². The maximum absolute atomic E-state index is 12.6. The number of anilines is 2. The molecule has 1 aliphatic heterocycles. The van der Waals surface area contributed by atoms with Gasteiger partial charge in [-0.15, -0.1) is 0 Å². The summed E-state index contributed by atoms with van der Waals surface area (Å²) in [5.74, 6) is 0.586. The summed E-state index contributed by atoms with van der Waals surface area (Å²) >= 11 is 0. The van der Waals surface area contributed by atoms with Crippen molar-refractivity contribution in [2.24, 2.45) is 0 Å². The summed E-state index contributed by atoms with van der Waals surface area (Å²) in [7, 11) is -2.17. The van der Waals surface area contributed by atoms with Crippen molar-refractivity contribution in [3.63, 3.8) is 0 Å². The van der Waals surface area contributed by atoms with Crippen LogP contribution in [-0.2, 0) is 21.2 Å². The Kier molecular flexibility index (Phi) is 3.96. The van der Waals surface area contributed by atoms with Gasteiger partial charge < -0.3 is 10.1 Å². The molecule has 0 saturated carbocycles. The van der Waals surface area contributed by atoms with Crippen molar-refractivity contribution in [3.8, 4) is 5.75 Å². The maximum Gasteiger partial charge on any atom is 0.261 e. The van der Waals surface area contributed by atoms with Crippen molar-refractivity contribution < 1.29 is 17.9 Å². The molecule has 0 radical (unpaired) electrons. The van der Waals surface area contributed by atoms with Crippen LogP contribution in [0.15, 0.2) is 35.2 Å². The summed E-state index contributed by atoms with van der Waals surface area (Å²) in [6, 6.07) is 8.15. The molecule has 2 aromatic rings. The lowest BCUT2D eigenvalue weighted by Gasteiger charge is -2.13. The summed E-state index contributed by atoms with van der Waals surface area (Å²) in [6.45, 7) is 3.61. The van der Waals surface area contributed by atoms with Crippen molar-refractivity contribution in [1.82, 2.24) is 0 Å². The van der Waals surface area contributed by atoms with Crippen LogP contribution < -0.4 is 14.8 Å². The molecule has 0 atom stereocenters. The molecule has 24 heavy (non-hydrogen) atoms. The van der Waals surface area contributed by atoms with E-state index in [2.05, 4.69) is 10.0 Å². The van der Waals surface area contributed by atoms with Gasteiger partial charge in [-0.1, -0.05) is 0 Å². The largest absolute Gasteiger partial charge is 0.496 e. The first-order valence-electron chi connectivity index (χ1n) is 7.41. The van der Waals surface area contributed by atoms with E-state index in [1.807, 2.05) is 0 Å². The molecule has 2 N–H and O–H groups in total. The molecule has 1 amide bonds. The average molecular weight is 346 g/mol. The van der Waals surface area contributed by atoms with Crippen molar-refractivity contribution >= 4 is 27.3 Å². The highest BCUT2D eigenvalue weighted by molar-refractivity contribution is 7.92. The number of fused-ring (bicyclic) bond motifs is 1. The lowest BCUT2D eigenvalue weighted by Crippen LogP contribution is -2.13. The van der Waals surface area contributed by atoms with Gasteiger partial charge in [0.2, 0.25) is 5.91 Å². The third-order valence-electron chi connectivity index (χ3n) is 3.93. The lowest BCUT2D eigenvalue weighted by molar-refractivity contribution is -0.115. The van der Waals surface area contributed by atoms with Gasteiger partial charge in [-0.2, -0.15) is 0 Å². The van der Waals surface area contributed by atoms with Crippen LogP contribution in [0.2, 0.25) is 0 Å². The number of carbonyl (C=O) groups is 1. The first-order chi connectivity index (χ1) is 11.3. The second kappa shape index (κ2) is 5.83. The van der Waals surface area contributed by atoms with E-state index in [4.69, 9.17) is 4.74 Å². The molecule has 0 bridgehead atoms. The fourth-order valence-electron chi connectivity index (χ4n) is 2.89. The van der Waals surface area contributed by atoms with Gasteiger partial charge in [0.05, 0.1) is 18.4 Å². The molecule has 7 heteroatoms. The molecule has 126 valence electrons. The van der Waals surface area contributed by atoms with E-state index in [1.165, 1.54) is 0 Å². The molecule has 2 aromatic carbocycles. The topological polar surface area (TPSA) is 84.5 Å². The quantitative estimate of drug-likeness (QED) is 0.891. The number of methoxy groups -OCH3 is 1. The Morgan fingerprint density at radius 2 is 1.79 bits per heavy atom. The molecule has 1 aliphatic rings. The highest BCUT2D eigenvalue weighted by Gasteiger charge is 2.21. The summed E-state index contributed by atoms with van der Waals surface area (Å²) in [6.07, 6.45) is 0.256. The van der Waals surface area contributed by atoms with E-state index in [0.29, 0.717) is 11.4 Å². The second-order valence-corrected chi connectivity index (χ2v) is 7.48. The molecule has 6 nitrogen and oxygen atoms in total. The first kappa shape index (κ1) is 16.3. The Morgan fingerprint density at radius 3 is 2.42 bits per heavy atom. The Labute approximate surface area is 140 Å². The Bertz CT molecular complexity index is 913. The number of ether oxygens (including phenoxy) is 1. The Hall–Kier alpha value is -2.54. The Morgan fingerprint density at radius 1 is 1.12 bits per heavy atom. The smallest absolute Gasteiger partial charge is 0.261 e. The fraction of sp³-hybridized carbons (Fsp3) is 0.235. The van der Waals surface area contributed by atoms with Gasteiger partial charge in [-0.3, -0.25) is 9.52 Å². The third kappa shape index (κ3) is 2.94. The van der Waals surface area contributed by atoms with E-state index in [0.717, 1.165) is 22.4 Å². The summed E-state index contributed by atoms with van der Waals surface area (Å²) in [4.78, 5) is 11.6. The molecule has 3 rings (SSSR count). The second-order valence-electron chi connectivity index (χ2n) is 5.79. The van der Waals surface area contributed by atoms with Gasteiger partial charge in [0.1, 0.15) is 5.75 Å². The zero-order valence-electron chi connectivity index (χ0n) is 13.6. The van der Waals surface area contributed by atoms with Crippen LogP contribution in [0.25, 0.3) is 0 Å². The van der Waals surface area contributed by atoms with Crippen LogP contribution in [0, 0.1) is 13.8 Å². The van der Waals surface area contributed by atoms with Crippen molar-refractivity contribution in [2.75, 3.05) is 17.1 Å². The van der Waals surface area contributed by atoms with E-state index in [1.54, 1.807) is 51.3 Å². The van der Waals surface area contributed by atoms with Gasteiger partial charge in [-0.05, 0) is 60.9 Å². The number of hydrogen-bond acceptors (Lipinski definition) is 4. The van der Waals surface area contributed by atoms with Gasteiger partial charge in [-0.25, -0.2) is 8.42 Å². The normalized spacial score (nSPS) is 13.4. The zero-order chi connectivity index (χ0) is 17.5. The van der Waals surface area contributed by atoms with Crippen LogP contribution in [0.3, 0.4) is 0 Å².